The summed E-state index contributed by atoms with van der Waals surface area (Å²) in [5.74, 6) is 1.06. The quantitative estimate of drug-likeness (QED) is 0.873. The van der Waals surface area contributed by atoms with Crippen molar-refractivity contribution in [3.63, 3.8) is 0 Å². The Morgan fingerprint density at radius 3 is 2.52 bits per heavy atom. The molecule has 0 unspecified atom stereocenters. The maximum Gasteiger partial charge on any atom is 0.150 e. The summed E-state index contributed by atoms with van der Waals surface area (Å²) >= 11 is 1.91. The van der Waals surface area contributed by atoms with Crippen LogP contribution >= 0.6 is 11.3 Å². The van der Waals surface area contributed by atoms with Crippen molar-refractivity contribution in [1.82, 2.24) is 14.9 Å². The fraction of sp³-hybridized carbons (Fsp3) is 0.500. The van der Waals surface area contributed by atoms with Crippen LogP contribution in [0.25, 0.3) is 0 Å². The molecule has 4 nitrogen and oxygen atoms in total. The average molecular weight is 302 g/mol. The topological polar surface area (TPSA) is 32.3 Å². The summed E-state index contributed by atoms with van der Waals surface area (Å²) in [6, 6.07) is 4.46. The zero-order valence-corrected chi connectivity index (χ0v) is 13.8. The third-order valence-corrected chi connectivity index (χ3v) is 4.88. The van der Waals surface area contributed by atoms with Crippen molar-refractivity contribution in [2.75, 3.05) is 31.1 Å². The Kier molecular flexibility index (Phi) is 4.22. The minimum Gasteiger partial charge on any atom is -0.353 e. The highest BCUT2D eigenvalue weighted by Crippen LogP contribution is 2.20. The summed E-state index contributed by atoms with van der Waals surface area (Å²) in [4.78, 5) is 16.8. The molecule has 5 heteroatoms. The first kappa shape index (κ1) is 14.5. The lowest BCUT2D eigenvalue weighted by Crippen LogP contribution is -2.46. The number of rotatable bonds is 3. The molecule has 0 saturated carbocycles. The minimum absolute atomic E-state index is 0.993. The molecule has 1 aliphatic rings. The molecule has 2 aromatic heterocycles. The van der Waals surface area contributed by atoms with Gasteiger partial charge in [-0.2, -0.15) is 0 Å². The van der Waals surface area contributed by atoms with Crippen LogP contribution in [-0.2, 0) is 6.54 Å². The molecule has 0 aromatic carbocycles. The highest BCUT2D eigenvalue weighted by atomic mass is 32.1. The summed E-state index contributed by atoms with van der Waals surface area (Å²) in [6.07, 6.45) is 1.84. The van der Waals surface area contributed by atoms with Crippen LogP contribution in [0.15, 0.2) is 18.3 Å². The van der Waals surface area contributed by atoms with Crippen molar-refractivity contribution in [1.29, 1.82) is 0 Å². The van der Waals surface area contributed by atoms with Gasteiger partial charge in [0, 0.05) is 48.7 Å². The van der Waals surface area contributed by atoms with Crippen LogP contribution in [0.3, 0.4) is 0 Å². The Morgan fingerprint density at radius 1 is 1.10 bits per heavy atom. The Balaban J connectivity index is 1.61. The monoisotopic (exact) mass is 302 g/mol. The van der Waals surface area contributed by atoms with E-state index in [1.807, 2.05) is 31.4 Å². The van der Waals surface area contributed by atoms with Gasteiger partial charge in [-0.1, -0.05) is 0 Å². The molecule has 1 aliphatic heterocycles. The van der Waals surface area contributed by atoms with Crippen LogP contribution in [0.1, 0.15) is 21.1 Å². The summed E-state index contributed by atoms with van der Waals surface area (Å²) < 4.78 is 0. The van der Waals surface area contributed by atoms with Gasteiger partial charge >= 0.3 is 0 Å². The van der Waals surface area contributed by atoms with E-state index in [4.69, 9.17) is 0 Å². The first-order valence-corrected chi connectivity index (χ1v) is 8.26. The summed E-state index contributed by atoms with van der Waals surface area (Å²) in [6.45, 7) is 11.5. The SMILES string of the molecule is Cc1cnc(C)c(N2CCN(Cc3ccc(C)s3)CC2)n1. The number of hydrogen-bond acceptors (Lipinski definition) is 5. The zero-order valence-electron chi connectivity index (χ0n) is 13.0. The second-order valence-electron chi connectivity index (χ2n) is 5.70. The molecule has 0 amide bonds. The zero-order chi connectivity index (χ0) is 14.8. The van der Waals surface area contributed by atoms with E-state index >= 15 is 0 Å². The molecule has 1 saturated heterocycles. The van der Waals surface area contributed by atoms with E-state index in [1.54, 1.807) is 0 Å². The number of piperazine rings is 1. The molecule has 3 rings (SSSR count). The van der Waals surface area contributed by atoms with Gasteiger partial charge in [0.2, 0.25) is 0 Å². The smallest absolute Gasteiger partial charge is 0.150 e. The van der Waals surface area contributed by atoms with Crippen LogP contribution in [0, 0.1) is 20.8 Å². The van der Waals surface area contributed by atoms with Gasteiger partial charge in [0.05, 0.1) is 11.4 Å². The van der Waals surface area contributed by atoms with Crippen LogP contribution in [0.4, 0.5) is 5.82 Å². The van der Waals surface area contributed by atoms with Gasteiger partial charge in [-0.05, 0) is 32.9 Å². The molecule has 1 fully saturated rings. The fourth-order valence-corrected chi connectivity index (χ4v) is 3.67. The van der Waals surface area contributed by atoms with E-state index in [0.29, 0.717) is 0 Å². The number of nitrogens with zero attached hydrogens (tertiary/aromatic N) is 4. The molecule has 0 atom stereocenters. The van der Waals surface area contributed by atoms with Crippen LogP contribution in [0.2, 0.25) is 0 Å². The predicted molar refractivity (Wildman–Crippen MR) is 88.1 cm³/mol. The first-order valence-electron chi connectivity index (χ1n) is 7.44. The third-order valence-electron chi connectivity index (χ3n) is 3.90. The largest absolute Gasteiger partial charge is 0.353 e. The molecular weight excluding hydrogens is 280 g/mol. The molecule has 0 N–H and O–H groups in total. The van der Waals surface area contributed by atoms with Crippen LogP contribution < -0.4 is 4.90 Å². The molecule has 0 spiro atoms. The summed E-state index contributed by atoms with van der Waals surface area (Å²) in [5, 5.41) is 0. The molecule has 0 bridgehead atoms. The minimum atomic E-state index is 0.993. The lowest BCUT2D eigenvalue weighted by atomic mass is 10.2. The number of aromatic nitrogens is 2. The number of aryl methyl sites for hydroxylation is 3. The summed E-state index contributed by atoms with van der Waals surface area (Å²) in [5.41, 5.74) is 2.02. The van der Waals surface area contributed by atoms with Crippen molar-refractivity contribution < 1.29 is 0 Å². The van der Waals surface area contributed by atoms with Gasteiger partial charge in [0.15, 0.2) is 0 Å². The molecule has 2 aromatic rings. The molecule has 21 heavy (non-hydrogen) atoms. The number of hydrogen-bond donors (Lipinski definition) is 0. The van der Waals surface area contributed by atoms with Gasteiger partial charge in [0.1, 0.15) is 5.82 Å². The van der Waals surface area contributed by atoms with E-state index in [2.05, 4.69) is 38.8 Å². The third kappa shape index (κ3) is 3.41. The molecule has 0 radical (unpaired) electrons. The van der Waals surface area contributed by atoms with E-state index in [9.17, 15) is 0 Å². The Hall–Kier alpha value is -1.46. The molecule has 112 valence electrons. The standard InChI is InChI=1S/C16H22N4S/c1-12-10-17-14(3)16(18-12)20-8-6-19(7-9-20)11-15-5-4-13(2)21-15/h4-5,10H,6-9,11H2,1-3H3. The normalized spacial score (nSPS) is 16.4. The van der Waals surface area contributed by atoms with Gasteiger partial charge in [-0.25, -0.2) is 4.98 Å². The lowest BCUT2D eigenvalue weighted by molar-refractivity contribution is 0.251. The Morgan fingerprint density at radius 2 is 1.86 bits per heavy atom. The average Bonchev–Trinajstić information content (AvgIpc) is 2.88. The van der Waals surface area contributed by atoms with E-state index in [1.165, 1.54) is 9.75 Å². The summed E-state index contributed by atoms with van der Waals surface area (Å²) in [7, 11) is 0. The van der Waals surface area contributed by atoms with Crippen LogP contribution in [0.5, 0.6) is 0 Å². The van der Waals surface area contributed by atoms with E-state index in [-0.39, 0.29) is 0 Å². The molecule has 3 heterocycles. The van der Waals surface area contributed by atoms with Gasteiger partial charge in [0.25, 0.3) is 0 Å². The van der Waals surface area contributed by atoms with Gasteiger partial charge < -0.3 is 4.90 Å². The van der Waals surface area contributed by atoms with Crippen molar-refractivity contribution >= 4 is 17.2 Å². The van der Waals surface area contributed by atoms with Crippen molar-refractivity contribution in [2.24, 2.45) is 0 Å². The van der Waals surface area contributed by atoms with E-state index in [0.717, 1.165) is 49.9 Å². The number of anilines is 1. The highest BCUT2D eigenvalue weighted by molar-refractivity contribution is 7.11. The Labute approximate surface area is 130 Å². The Bertz CT molecular complexity index is 614. The molecular formula is C16H22N4S. The van der Waals surface area contributed by atoms with Crippen LogP contribution in [-0.4, -0.2) is 41.0 Å². The van der Waals surface area contributed by atoms with Crippen molar-refractivity contribution in [3.05, 3.63) is 39.5 Å². The maximum absolute atomic E-state index is 4.66. The fourth-order valence-electron chi connectivity index (χ4n) is 2.73. The second-order valence-corrected chi connectivity index (χ2v) is 7.07. The predicted octanol–water partition coefficient (Wildman–Crippen LogP) is 2.79. The molecule has 0 aliphatic carbocycles. The van der Waals surface area contributed by atoms with E-state index < -0.39 is 0 Å². The number of thiophene rings is 1. The second kappa shape index (κ2) is 6.12. The first-order chi connectivity index (χ1) is 10.1. The maximum atomic E-state index is 4.66. The van der Waals surface area contributed by atoms with Gasteiger partial charge in [-0.3, -0.25) is 9.88 Å². The highest BCUT2D eigenvalue weighted by Gasteiger charge is 2.20. The van der Waals surface area contributed by atoms with Crippen molar-refractivity contribution in [2.45, 2.75) is 27.3 Å². The lowest BCUT2D eigenvalue weighted by Gasteiger charge is -2.35. The van der Waals surface area contributed by atoms with Gasteiger partial charge in [-0.15, -0.1) is 11.3 Å². The van der Waals surface area contributed by atoms with Crippen molar-refractivity contribution in [3.8, 4) is 0 Å².